The van der Waals surface area contributed by atoms with E-state index in [2.05, 4.69) is 403 Å². The van der Waals surface area contributed by atoms with Gasteiger partial charge in [-0.1, -0.05) is 381 Å². The van der Waals surface area contributed by atoms with Gasteiger partial charge in [-0.2, -0.15) is 0 Å². The maximum absolute atomic E-state index is 6.15. The summed E-state index contributed by atoms with van der Waals surface area (Å²) in [5.41, 5.74) is 31.7. The van der Waals surface area contributed by atoms with Crippen LogP contribution in [-0.4, -0.2) is 0 Å². The quantitative estimate of drug-likeness (QED) is 0.135. The Labute approximate surface area is 727 Å². The van der Waals surface area contributed by atoms with E-state index in [1.165, 1.54) is 219 Å². The van der Waals surface area contributed by atoms with E-state index in [-0.39, 0.29) is 0 Å². The van der Waals surface area contributed by atoms with Crippen molar-refractivity contribution in [3.63, 3.8) is 0 Å². The monoisotopic (exact) mass is 1600 g/mol. The van der Waals surface area contributed by atoms with Crippen LogP contribution >= 0.6 is 0 Å². The SMILES string of the molecule is Cc1ccc(-c2ccc3ccc4c(-c5ccc(-c6cccc7oc8ccccc8c67)cc5)ccc5ccc2c3c54)cc1.Cc1ccc(-c2ccc3ccc4c(-c5cccc(-c6ccc7oc8ccccc8c7c6)c5)ccc5ccc2c3c54)cc1.Cc1ccc(-c2ccc3ccc4c(-c5ccccc5-c5ccc6oc7ccccc7c6c5)ccc5ccc2c3c54)cc1. The average Bonchev–Trinajstić information content (AvgIpc) is 0.990. The highest BCUT2D eigenvalue weighted by Crippen LogP contribution is 2.50. The summed E-state index contributed by atoms with van der Waals surface area (Å²) >= 11 is 0. The molecule has 0 amide bonds. The molecule has 0 aliphatic rings. The lowest BCUT2D eigenvalue weighted by Gasteiger charge is -2.18. The van der Waals surface area contributed by atoms with Crippen molar-refractivity contribution >= 4 is 163 Å². The smallest absolute Gasteiger partial charge is 0.136 e. The number of hydrogen-bond donors (Lipinski definition) is 0. The zero-order valence-corrected chi connectivity index (χ0v) is 69.6. The second-order valence-electron chi connectivity index (χ2n) is 34.1. The predicted molar refractivity (Wildman–Crippen MR) is 535 cm³/mol. The molecule has 3 heteroatoms. The fourth-order valence-corrected chi connectivity index (χ4v) is 20.6. The molecule has 0 fully saturated rings. The second kappa shape index (κ2) is 29.0. The van der Waals surface area contributed by atoms with E-state index in [0.717, 1.165) is 60.4 Å². The van der Waals surface area contributed by atoms with Gasteiger partial charge in [-0.25, -0.2) is 0 Å². The highest BCUT2D eigenvalue weighted by Gasteiger charge is 2.23. The number of rotatable bonds is 9. The first kappa shape index (κ1) is 72.6. The number of fused-ring (bicyclic) bond motifs is 9. The molecule has 0 saturated carbocycles. The topological polar surface area (TPSA) is 39.4 Å². The van der Waals surface area contributed by atoms with E-state index in [1.54, 1.807) is 0 Å². The third-order valence-corrected chi connectivity index (χ3v) is 26.8. The molecule has 0 spiro atoms. The summed E-state index contributed by atoms with van der Waals surface area (Å²) < 4.78 is 18.4. The fourth-order valence-electron chi connectivity index (χ4n) is 20.6. The number of benzene rings is 24. The van der Waals surface area contributed by atoms with Crippen LogP contribution in [0.2, 0.25) is 0 Å². The van der Waals surface area contributed by atoms with Crippen molar-refractivity contribution in [2.75, 3.05) is 0 Å². The molecule has 0 N–H and O–H groups in total. The minimum atomic E-state index is 0.921. The van der Waals surface area contributed by atoms with Crippen molar-refractivity contribution in [1.82, 2.24) is 0 Å². The summed E-state index contributed by atoms with van der Waals surface area (Å²) in [7, 11) is 0. The third kappa shape index (κ3) is 11.9. The van der Waals surface area contributed by atoms with Crippen molar-refractivity contribution in [1.29, 1.82) is 0 Å². The first-order valence-electron chi connectivity index (χ1n) is 43.5. The summed E-state index contributed by atoms with van der Waals surface area (Å²) in [5.74, 6) is 0. The van der Waals surface area contributed by atoms with Gasteiger partial charge < -0.3 is 13.3 Å². The molecule has 126 heavy (non-hydrogen) atoms. The summed E-state index contributed by atoms with van der Waals surface area (Å²) in [6, 6.07) is 153. The van der Waals surface area contributed by atoms with Crippen molar-refractivity contribution in [3.05, 3.63) is 435 Å². The molecule has 0 bridgehead atoms. The van der Waals surface area contributed by atoms with Crippen LogP contribution in [-0.2, 0) is 0 Å². The van der Waals surface area contributed by atoms with Crippen molar-refractivity contribution < 1.29 is 13.3 Å². The highest BCUT2D eigenvalue weighted by atomic mass is 16.3. The third-order valence-electron chi connectivity index (χ3n) is 26.8. The van der Waals surface area contributed by atoms with E-state index in [9.17, 15) is 0 Å². The van der Waals surface area contributed by atoms with Gasteiger partial charge >= 0.3 is 0 Å². The Balaban J connectivity index is 0.000000103. The molecule has 3 nitrogen and oxygen atoms in total. The van der Waals surface area contributed by atoms with Gasteiger partial charge in [0.05, 0.1) is 0 Å². The molecule has 27 aromatic rings. The molecular formula is C123H78O3. The van der Waals surface area contributed by atoms with Crippen LogP contribution < -0.4 is 0 Å². The number of aryl methyl sites for hydroxylation is 3. The largest absolute Gasteiger partial charge is 0.456 e. The van der Waals surface area contributed by atoms with Crippen LogP contribution in [0.4, 0.5) is 0 Å². The summed E-state index contributed by atoms with van der Waals surface area (Å²) in [5, 5.41) is 30.5. The predicted octanol–water partition coefficient (Wildman–Crippen LogP) is 35.4. The first-order valence-corrected chi connectivity index (χ1v) is 43.5. The molecule has 3 aromatic heterocycles. The van der Waals surface area contributed by atoms with E-state index < -0.39 is 0 Å². The Bertz CT molecular complexity index is 9030. The molecule has 0 saturated heterocycles. The van der Waals surface area contributed by atoms with Gasteiger partial charge in [-0.3, -0.25) is 0 Å². The van der Waals surface area contributed by atoms with Gasteiger partial charge in [0.2, 0.25) is 0 Å². The van der Waals surface area contributed by atoms with Gasteiger partial charge in [-0.05, 0) is 272 Å². The minimum Gasteiger partial charge on any atom is -0.456 e. The zero-order valence-electron chi connectivity index (χ0n) is 69.6. The Kier molecular flexibility index (Phi) is 16.7. The van der Waals surface area contributed by atoms with Crippen LogP contribution in [0, 0.1) is 20.8 Å². The van der Waals surface area contributed by atoms with Crippen molar-refractivity contribution in [3.8, 4) is 100 Å². The zero-order chi connectivity index (χ0) is 83.4. The Morgan fingerprint density at radius 1 is 0.127 bits per heavy atom. The van der Waals surface area contributed by atoms with Gasteiger partial charge in [0.25, 0.3) is 0 Å². The first-order chi connectivity index (χ1) is 62.2. The normalized spacial score (nSPS) is 11.9. The van der Waals surface area contributed by atoms with Gasteiger partial charge in [-0.15, -0.1) is 0 Å². The lowest BCUT2D eigenvalue weighted by atomic mass is 9.85. The molecule has 0 aliphatic carbocycles. The molecule has 588 valence electrons. The highest BCUT2D eigenvalue weighted by molar-refractivity contribution is 6.31. The number of furan rings is 3. The molecule has 0 aliphatic heterocycles. The second-order valence-corrected chi connectivity index (χ2v) is 34.1. The molecule has 27 rings (SSSR count). The van der Waals surface area contributed by atoms with Crippen LogP contribution in [0.25, 0.3) is 263 Å². The fraction of sp³-hybridized carbons (Fsp3) is 0.0244. The molecule has 0 atom stereocenters. The maximum Gasteiger partial charge on any atom is 0.136 e. The standard InChI is InChI=1S/3C41H26O/c1-25-9-11-26(12-10-25)32-18-13-27-16-21-36-33(19-14-28-15-20-35(32)40(27)41(28)36)31-6-4-5-29(23-31)30-17-22-39-37(24-30)34-7-2-3-8-38(34)42-39;1-25-10-12-26(13-11-25)31-19-14-27-17-22-36-33(20-15-28-16-21-35(31)40(27)41(28)36)32-7-3-2-6-30(32)29-18-23-39-37(24-29)34-8-4-5-9-38(34)42-39;1-25-9-11-26(12-10-25)31-21-17-29-20-24-35-32(22-18-30-19-23-34(31)39(29)40(30)35)27-13-15-28(16-14-27)33-6-4-8-38-41(33)36-5-2-3-7-37(36)42-38/h3*2-24H,1H3. The van der Waals surface area contributed by atoms with E-state index >= 15 is 0 Å². The van der Waals surface area contributed by atoms with Crippen LogP contribution in [0.3, 0.4) is 0 Å². The van der Waals surface area contributed by atoms with Gasteiger partial charge in [0.15, 0.2) is 0 Å². The number of para-hydroxylation sites is 3. The number of hydrogen-bond acceptors (Lipinski definition) is 3. The molecule has 0 unspecified atom stereocenters. The molecular weight excluding hydrogens is 1530 g/mol. The van der Waals surface area contributed by atoms with E-state index in [4.69, 9.17) is 13.3 Å². The molecule has 24 aromatic carbocycles. The van der Waals surface area contributed by atoms with E-state index in [0.29, 0.717) is 0 Å². The molecule has 3 heterocycles. The van der Waals surface area contributed by atoms with Gasteiger partial charge in [0.1, 0.15) is 33.5 Å². The van der Waals surface area contributed by atoms with Crippen LogP contribution in [0.1, 0.15) is 16.7 Å². The lowest BCUT2D eigenvalue weighted by molar-refractivity contribution is 0.668. The van der Waals surface area contributed by atoms with Crippen LogP contribution in [0.15, 0.2) is 432 Å². The summed E-state index contributed by atoms with van der Waals surface area (Å²) in [6.07, 6.45) is 0. The van der Waals surface area contributed by atoms with Crippen molar-refractivity contribution in [2.24, 2.45) is 0 Å². The summed E-state index contributed by atoms with van der Waals surface area (Å²) in [6.45, 7) is 6.42. The van der Waals surface area contributed by atoms with E-state index in [1.807, 2.05) is 36.4 Å². The van der Waals surface area contributed by atoms with Crippen LogP contribution in [0.5, 0.6) is 0 Å². The summed E-state index contributed by atoms with van der Waals surface area (Å²) in [4.78, 5) is 0. The maximum atomic E-state index is 6.15. The lowest BCUT2D eigenvalue weighted by Crippen LogP contribution is -1.91. The Hall–Kier alpha value is -16.2. The Morgan fingerprint density at radius 3 is 0.825 bits per heavy atom. The average molecular weight is 1600 g/mol. The minimum absolute atomic E-state index is 0.921. The van der Waals surface area contributed by atoms with Crippen molar-refractivity contribution in [2.45, 2.75) is 20.8 Å². The Morgan fingerprint density at radius 2 is 0.389 bits per heavy atom. The molecule has 0 radical (unpaired) electrons. The van der Waals surface area contributed by atoms with Gasteiger partial charge in [0, 0.05) is 32.3 Å².